The summed E-state index contributed by atoms with van der Waals surface area (Å²) in [5, 5.41) is 6.58. The van der Waals surface area contributed by atoms with Gasteiger partial charge < -0.3 is 15.5 Å². The van der Waals surface area contributed by atoms with Crippen LogP contribution in [-0.2, 0) is 0 Å². The Kier molecular flexibility index (Phi) is 4.58. The highest BCUT2D eigenvalue weighted by atomic mass is 15.2. The van der Waals surface area contributed by atoms with Crippen LogP contribution in [0.5, 0.6) is 0 Å². The van der Waals surface area contributed by atoms with Gasteiger partial charge in [-0.05, 0) is 19.5 Å². The van der Waals surface area contributed by atoms with Crippen LogP contribution in [0.2, 0.25) is 0 Å². The highest BCUT2D eigenvalue weighted by Crippen LogP contribution is 1.99. The molecule has 0 aromatic rings. The molecule has 1 aliphatic heterocycles. The number of hydrogen-bond acceptors (Lipinski definition) is 3. The summed E-state index contributed by atoms with van der Waals surface area (Å²) in [7, 11) is 2.02. The first-order valence-corrected chi connectivity index (χ1v) is 4.90. The molecule has 0 saturated carbocycles. The highest BCUT2D eigenvalue weighted by Gasteiger charge is 2.11. The van der Waals surface area contributed by atoms with Gasteiger partial charge in [0.05, 0.1) is 0 Å². The Balaban J connectivity index is 2.11. The van der Waals surface area contributed by atoms with Gasteiger partial charge >= 0.3 is 0 Å². The summed E-state index contributed by atoms with van der Waals surface area (Å²) in [4.78, 5) is 2.54. The van der Waals surface area contributed by atoms with E-state index in [1.165, 1.54) is 19.6 Å². The summed E-state index contributed by atoms with van der Waals surface area (Å²) >= 11 is 0. The molecule has 72 valence electrons. The van der Waals surface area contributed by atoms with E-state index in [0.717, 1.165) is 25.6 Å². The molecule has 0 amide bonds. The Hall–Kier alpha value is -0.120. The molecule has 1 saturated heterocycles. The molecule has 1 aliphatic rings. The van der Waals surface area contributed by atoms with Crippen LogP contribution in [0, 0.1) is 5.92 Å². The van der Waals surface area contributed by atoms with Crippen molar-refractivity contribution in [3.8, 4) is 0 Å². The molecule has 1 heterocycles. The van der Waals surface area contributed by atoms with E-state index in [1.54, 1.807) is 0 Å². The van der Waals surface area contributed by atoms with Gasteiger partial charge in [0.2, 0.25) is 0 Å². The molecule has 1 unspecified atom stereocenters. The molecule has 0 bridgehead atoms. The van der Waals surface area contributed by atoms with E-state index in [0.29, 0.717) is 0 Å². The van der Waals surface area contributed by atoms with Gasteiger partial charge in [0.1, 0.15) is 0 Å². The Morgan fingerprint density at radius 2 is 2.08 bits per heavy atom. The predicted octanol–water partition coefficient (Wildman–Crippen LogP) is -0.253. The van der Waals surface area contributed by atoms with Crippen molar-refractivity contribution in [3.63, 3.8) is 0 Å². The van der Waals surface area contributed by atoms with Crippen molar-refractivity contribution in [1.82, 2.24) is 15.5 Å². The number of piperazine rings is 1. The first-order chi connectivity index (χ1) is 5.83. The fourth-order valence-electron chi connectivity index (χ4n) is 1.75. The zero-order chi connectivity index (χ0) is 8.81. The smallest absolute Gasteiger partial charge is 0.0107 e. The summed E-state index contributed by atoms with van der Waals surface area (Å²) < 4.78 is 0. The normalized spacial score (nSPS) is 22.5. The summed E-state index contributed by atoms with van der Waals surface area (Å²) in [6.45, 7) is 9.42. The number of nitrogens with zero attached hydrogens (tertiary/aromatic N) is 1. The van der Waals surface area contributed by atoms with Crippen LogP contribution in [0.4, 0.5) is 0 Å². The molecule has 3 heteroatoms. The van der Waals surface area contributed by atoms with Crippen molar-refractivity contribution in [1.29, 1.82) is 0 Å². The zero-order valence-electron chi connectivity index (χ0n) is 8.27. The minimum absolute atomic E-state index is 0.771. The van der Waals surface area contributed by atoms with E-state index in [9.17, 15) is 0 Å². The maximum absolute atomic E-state index is 3.36. The van der Waals surface area contributed by atoms with Crippen LogP contribution >= 0.6 is 0 Å². The van der Waals surface area contributed by atoms with Crippen LogP contribution in [-0.4, -0.2) is 51.2 Å². The largest absolute Gasteiger partial charge is 0.319 e. The quantitative estimate of drug-likeness (QED) is 0.610. The lowest BCUT2D eigenvalue weighted by molar-refractivity contribution is 0.210. The zero-order valence-corrected chi connectivity index (χ0v) is 8.27. The van der Waals surface area contributed by atoms with Gasteiger partial charge in [0.25, 0.3) is 0 Å². The first-order valence-electron chi connectivity index (χ1n) is 4.90. The van der Waals surface area contributed by atoms with Crippen molar-refractivity contribution in [2.45, 2.75) is 6.92 Å². The third-order valence-electron chi connectivity index (χ3n) is 2.33. The average Bonchev–Trinajstić information content (AvgIpc) is 2.06. The SMILES string of the molecule is CNCC(C)CN1CCNCC1. The van der Waals surface area contributed by atoms with Crippen molar-refractivity contribution in [2.75, 3.05) is 46.3 Å². The maximum Gasteiger partial charge on any atom is 0.0107 e. The second-order valence-corrected chi connectivity index (χ2v) is 3.71. The topological polar surface area (TPSA) is 27.3 Å². The van der Waals surface area contributed by atoms with Gasteiger partial charge in [-0.3, -0.25) is 0 Å². The average molecular weight is 171 g/mol. The highest BCUT2D eigenvalue weighted by molar-refractivity contribution is 4.70. The molecule has 0 aromatic carbocycles. The van der Waals surface area contributed by atoms with E-state index >= 15 is 0 Å². The monoisotopic (exact) mass is 171 g/mol. The standard InChI is InChI=1S/C9H21N3/c1-9(7-10-2)8-12-5-3-11-4-6-12/h9-11H,3-8H2,1-2H3. The van der Waals surface area contributed by atoms with E-state index in [-0.39, 0.29) is 0 Å². The second kappa shape index (κ2) is 5.51. The van der Waals surface area contributed by atoms with Crippen LogP contribution < -0.4 is 10.6 Å². The molecule has 0 aliphatic carbocycles. The molecule has 3 nitrogen and oxygen atoms in total. The summed E-state index contributed by atoms with van der Waals surface area (Å²) in [6, 6.07) is 0. The predicted molar refractivity (Wildman–Crippen MR) is 52.4 cm³/mol. The molecule has 0 spiro atoms. The molecule has 12 heavy (non-hydrogen) atoms. The van der Waals surface area contributed by atoms with Gasteiger partial charge in [0, 0.05) is 32.7 Å². The van der Waals surface area contributed by atoms with Gasteiger partial charge in [-0.2, -0.15) is 0 Å². The Morgan fingerprint density at radius 1 is 1.42 bits per heavy atom. The molecule has 0 aromatic heterocycles. The van der Waals surface area contributed by atoms with Crippen LogP contribution in [0.25, 0.3) is 0 Å². The maximum atomic E-state index is 3.36. The third kappa shape index (κ3) is 3.52. The van der Waals surface area contributed by atoms with Gasteiger partial charge in [-0.1, -0.05) is 6.92 Å². The van der Waals surface area contributed by atoms with Crippen molar-refractivity contribution in [3.05, 3.63) is 0 Å². The van der Waals surface area contributed by atoms with E-state index in [2.05, 4.69) is 22.5 Å². The number of nitrogens with one attached hydrogen (secondary N) is 2. The number of rotatable bonds is 4. The van der Waals surface area contributed by atoms with Crippen molar-refractivity contribution < 1.29 is 0 Å². The van der Waals surface area contributed by atoms with Gasteiger partial charge in [-0.15, -0.1) is 0 Å². The molecular weight excluding hydrogens is 150 g/mol. The van der Waals surface area contributed by atoms with E-state index in [4.69, 9.17) is 0 Å². The third-order valence-corrected chi connectivity index (χ3v) is 2.33. The van der Waals surface area contributed by atoms with E-state index in [1.807, 2.05) is 7.05 Å². The summed E-state index contributed by atoms with van der Waals surface area (Å²) in [6.07, 6.45) is 0. The minimum atomic E-state index is 0.771. The van der Waals surface area contributed by atoms with Crippen LogP contribution in [0.15, 0.2) is 0 Å². The fourth-order valence-corrected chi connectivity index (χ4v) is 1.75. The summed E-state index contributed by atoms with van der Waals surface area (Å²) in [5.41, 5.74) is 0. The van der Waals surface area contributed by atoms with Gasteiger partial charge in [0.15, 0.2) is 0 Å². The molecule has 1 fully saturated rings. The van der Waals surface area contributed by atoms with Crippen molar-refractivity contribution >= 4 is 0 Å². The Morgan fingerprint density at radius 3 is 2.67 bits per heavy atom. The van der Waals surface area contributed by atoms with Crippen LogP contribution in [0.3, 0.4) is 0 Å². The molecule has 1 atom stereocenters. The number of hydrogen-bond donors (Lipinski definition) is 2. The Labute approximate surface area is 75.5 Å². The molecule has 0 radical (unpaired) electrons. The molecule has 2 N–H and O–H groups in total. The first kappa shape index (κ1) is 9.96. The fraction of sp³-hybridized carbons (Fsp3) is 1.00. The van der Waals surface area contributed by atoms with Crippen molar-refractivity contribution in [2.24, 2.45) is 5.92 Å². The van der Waals surface area contributed by atoms with E-state index < -0.39 is 0 Å². The van der Waals surface area contributed by atoms with Gasteiger partial charge in [-0.25, -0.2) is 0 Å². The molecule has 1 rings (SSSR count). The summed E-state index contributed by atoms with van der Waals surface area (Å²) in [5.74, 6) is 0.771. The lowest BCUT2D eigenvalue weighted by Gasteiger charge is -2.29. The van der Waals surface area contributed by atoms with Crippen LogP contribution in [0.1, 0.15) is 6.92 Å². The minimum Gasteiger partial charge on any atom is -0.319 e. The lowest BCUT2D eigenvalue weighted by atomic mass is 10.1. The lowest BCUT2D eigenvalue weighted by Crippen LogP contribution is -2.45. The Bertz CT molecular complexity index is 110. The second-order valence-electron chi connectivity index (χ2n) is 3.71. The molecular formula is C9H21N3.